The number of halogens is 2. The second-order valence-corrected chi connectivity index (χ2v) is 7.50. The predicted molar refractivity (Wildman–Crippen MR) is 97.8 cm³/mol. The Morgan fingerprint density at radius 1 is 1.22 bits per heavy atom. The third-order valence-electron chi connectivity index (χ3n) is 4.59. The summed E-state index contributed by atoms with van der Waals surface area (Å²) in [5.41, 5.74) is 0.981. The Bertz CT molecular complexity index is 718. The maximum Gasteiger partial charge on any atom is 0.261 e. The lowest BCUT2D eigenvalue weighted by Crippen LogP contribution is -2.42. The molecule has 2 aromatic rings. The van der Waals surface area contributed by atoms with Crippen LogP contribution in [0.1, 0.15) is 28.9 Å². The smallest absolute Gasteiger partial charge is 0.261 e. The number of hydrogen-bond acceptors (Lipinski definition) is 3. The molecule has 2 aliphatic heterocycles. The molecule has 1 aromatic carbocycles. The second-order valence-electron chi connectivity index (χ2n) is 6.01. The maximum absolute atomic E-state index is 12.4. The number of fused-ring (bicyclic) bond motifs is 2. The number of benzene rings is 1. The van der Waals surface area contributed by atoms with Crippen LogP contribution in [-0.4, -0.2) is 24.0 Å². The average molecular weight is 369 g/mol. The molecule has 0 spiro atoms. The minimum absolute atomic E-state index is 0. The van der Waals surface area contributed by atoms with Crippen molar-refractivity contribution in [2.24, 2.45) is 0 Å². The van der Waals surface area contributed by atoms with E-state index in [1.54, 1.807) is 0 Å². The monoisotopic (exact) mass is 368 g/mol. The summed E-state index contributed by atoms with van der Waals surface area (Å²) in [5, 5.41) is 7.44. The Hall–Kier alpha value is -1.07. The van der Waals surface area contributed by atoms with Crippen molar-refractivity contribution in [1.82, 2.24) is 10.6 Å². The van der Waals surface area contributed by atoms with Crippen LogP contribution in [0.2, 0.25) is 5.02 Å². The molecule has 122 valence electrons. The molecule has 2 bridgehead atoms. The fourth-order valence-corrected chi connectivity index (χ4v) is 4.73. The molecule has 0 aliphatic carbocycles. The molecular formula is C17H18Cl2N2OS. The van der Waals surface area contributed by atoms with Crippen molar-refractivity contribution in [3.63, 3.8) is 0 Å². The van der Waals surface area contributed by atoms with Gasteiger partial charge in [-0.05, 0) is 37.5 Å². The van der Waals surface area contributed by atoms with Crippen LogP contribution in [0.5, 0.6) is 0 Å². The Labute approximate surface area is 150 Å². The maximum atomic E-state index is 12.4. The van der Waals surface area contributed by atoms with Gasteiger partial charge in [0.15, 0.2) is 0 Å². The van der Waals surface area contributed by atoms with E-state index < -0.39 is 0 Å². The molecule has 3 nitrogen and oxygen atoms in total. The van der Waals surface area contributed by atoms with Crippen molar-refractivity contribution < 1.29 is 4.79 Å². The summed E-state index contributed by atoms with van der Waals surface area (Å²) < 4.78 is 0. The van der Waals surface area contributed by atoms with Crippen LogP contribution in [0, 0.1) is 0 Å². The summed E-state index contributed by atoms with van der Waals surface area (Å²) in [4.78, 5) is 14.2. The van der Waals surface area contributed by atoms with E-state index in [0.717, 1.165) is 21.7 Å². The lowest BCUT2D eigenvalue weighted by atomic mass is 9.95. The van der Waals surface area contributed by atoms with E-state index in [0.29, 0.717) is 17.1 Å². The van der Waals surface area contributed by atoms with E-state index in [2.05, 4.69) is 10.6 Å². The second kappa shape index (κ2) is 6.81. The minimum atomic E-state index is 0. The molecule has 0 saturated carbocycles. The first-order valence-electron chi connectivity index (χ1n) is 7.62. The molecule has 6 heteroatoms. The Morgan fingerprint density at radius 3 is 2.74 bits per heavy atom. The molecule has 2 aliphatic rings. The van der Waals surface area contributed by atoms with E-state index in [9.17, 15) is 4.79 Å². The van der Waals surface area contributed by atoms with Gasteiger partial charge in [0.25, 0.3) is 5.91 Å². The molecule has 4 rings (SSSR count). The number of carbonyl (C=O) groups excluding carboxylic acids is 1. The third kappa shape index (κ3) is 3.26. The van der Waals surface area contributed by atoms with Crippen LogP contribution in [0.4, 0.5) is 0 Å². The van der Waals surface area contributed by atoms with Crippen LogP contribution < -0.4 is 10.6 Å². The largest absolute Gasteiger partial charge is 0.347 e. The van der Waals surface area contributed by atoms with Crippen LogP contribution >= 0.6 is 35.3 Å². The number of carbonyl (C=O) groups is 1. The highest BCUT2D eigenvalue weighted by Gasteiger charge is 2.39. The topological polar surface area (TPSA) is 41.1 Å². The van der Waals surface area contributed by atoms with Gasteiger partial charge in [0.1, 0.15) is 0 Å². The van der Waals surface area contributed by atoms with Crippen molar-refractivity contribution in [2.75, 3.05) is 0 Å². The van der Waals surface area contributed by atoms with Crippen molar-refractivity contribution in [3.8, 4) is 10.4 Å². The average Bonchev–Trinajstić information content (AvgIpc) is 3.24. The first kappa shape index (κ1) is 16.8. The van der Waals surface area contributed by atoms with Gasteiger partial charge in [-0.15, -0.1) is 23.7 Å². The van der Waals surface area contributed by atoms with Gasteiger partial charge in [-0.1, -0.05) is 29.8 Å². The van der Waals surface area contributed by atoms with Crippen molar-refractivity contribution in [1.29, 1.82) is 0 Å². The van der Waals surface area contributed by atoms with Gasteiger partial charge in [0.05, 0.1) is 4.88 Å². The fraction of sp³-hybridized carbons (Fsp3) is 0.353. The standard InChI is InChI=1S/C17H17ClN2OS.ClH/c18-12-4-2-1-3-11(12)15-7-8-16(22-15)17(21)20-14-9-10-5-6-13(14)19-10;/h1-4,7-8,10,13-14,19H,5-6,9H2,(H,20,21);1H/t10-,13+,14-;/m1./s1. The molecule has 0 unspecified atom stereocenters. The zero-order valence-corrected chi connectivity index (χ0v) is 14.8. The van der Waals surface area contributed by atoms with Gasteiger partial charge in [0.2, 0.25) is 0 Å². The van der Waals surface area contributed by atoms with Gasteiger partial charge in [-0.25, -0.2) is 0 Å². The van der Waals surface area contributed by atoms with Crippen LogP contribution in [0.15, 0.2) is 36.4 Å². The molecule has 2 fully saturated rings. The van der Waals surface area contributed by atoms with Gasteiger partial charge >= 0.3 is 0 Å². The molecule has 3 heterocycles. The van der Waals surface area contributed by atoms with Gasteiger partial charge in [0, 0.05) is 33.6 Å². The third-order valence-corrected chi connectivity index (χ3v) is 6.03. The number of amides is 1. The van der Waals surface area contributed by atoms with E-state index in [4.69, 9.17) is 11.6 Å². The normalized spacial score (nSPS) is 25.2. The lowest BCUT2D eigenvalue weighted by molar-refractivity contribution is 0.0935. The SMILES string of the molecule is Cl.O=C(N[C@@H]1C[C@H]2CC[C@@H]1N2)c1ccc(-c2ccccc2Cl)s1. The van der Waals surface area contributed by atoms with Gasteiger partial charge in [-0.2, -0.15) is 0 Å². The van der Waals surface area contributed by atoms with Crippen molar-refractivity contribution >= 4 is 41.3 Å². The zero-order chi connectivity index (χ0) is 15.1. The van der Waals surface area contributed by atoms with Crippen LogP contribution in [0.3, 0.4) is 0 Å². The molecule has 2 saturated heterocycles. The summed E-state index contributed by atoms with van der Waals surface area (Å²) in [6.07, 6.45) is 3.47. The van der Waals surface area contributed by atoms with E-state index in [1.807, 2.05) is 36.4 Å². The molecule has 1 aromatic heterocycles. The summed E-state index contributed by atoms with van der Waals surface area (Å²) in [7, 11) is 0. The van der Waals surface area contributed by atoms with E-state index in [1.165, 1.54) is 24.2 Å². The molecule has 3 atom stereocenters. The molecule has 1 amide bonds. The summed E-state index contributed by atoms with van der Waals surface area (Å²) in [5.74, 6) is 0.0302. The Kier molecular flexibility index (Phi) is 4.97. The van der Waals surface area contributed by atoms with E-state index >= 15 is 0 Å². The summed E-state index contributed by atoms with van der Waals surface area (Å²) in [6.45, 7) is 0. The number of rotatable bonds is 3. The minimum Gasteiger partial charge on any atom is -0.347 e. The highest BCUT2D eigenvalue weighted by Crippen LogP contribution is 2.34. The zero-order valence-electron chi connectivity index (χ0n) is 12.4. The van der Waals surface area contributed by atoms with Gasteiger partial charge in [-0.3, -0.25) is 4.79 Å². The van der Waals surface area contributed by atoms with Crippen LogP contribution in [0.25, 0.3) is 10.4 Å². The lowest BCUT2D eigenvalue weighted by Gasteiger charge is -2.20. The molecule has 23 heavy (non-hydrogen) atoms. The summed E-state index contributed by atoms with van der Waals surface area (Å²) >= 11 is 7.72. The molecule has 2 N–H and O–H groups in total. The number of hydrogen-bond donors (Lipinski definition) is 2. The molecular weight excluding hydrogens is 351 g/mol. The first-order chi connectivity index (χ1) is 10.7. The Balaban J connectivity index is 0.00000156. The van der Waals surface area contributed by atoms with Crippen LogP contribution in [-0.2, 0) is 0 Å². The van der Waals surface area contributed by atoms with E-state index in [-0.39, 0.29) is 24.4 Å². The van der Waals surface area contributed by atoms with Crippen molar-refractivity contribution in [3.05, 3.63) is 46.3 Å². The predicted octanol–water partition coefficient (Wildman–Crippen LogP) is 4.11. The number of nitrogens with one attached hydrogen (secondary N) is 2. The van der Waals surface area contributed by atoms with Crippen molar-refractivity contribution in [2.45, 2.75) is 37.4 Å². The van der Waals surface area contributed by atoms with Gasteiger partial charge < -0.3 is 10.6 Å². The fourth-order valence-electron chi connectivity index (χ4n) is 3.49. The highest BCUT2D eigenvalue weighted by atomic mass is 35.5. The first-order valence-corrected chi connectivity index (χ1v) is 8.82. The highest BCUT2D eigenvalue weighted by molar-refractivity contribution is 7.17. The quantitative estimate of drug-likeness (QED) is 0.855. The summed E-state index contributed by atoms with van der Waals surface area (Å²) in [6, 6.07) is 12.9. The molecule has 0 radical (unpaired) electrons. The number of thiophene rings is 1. The Morgan fingerprint density at radius 2 is 2.04 bits per heavy atom.